The van der Waals surface area contributed by atoms with Gasteiger partial charge in [-0.05, 0) is 35.7 Å². The summed E-state index contributed by atoms with van der Waals surface area (Å²) in [5.41, 5.74) is 0.590. The number of nitrogens with one attached hydrogen (secondary N) is 1. The minimum atomic E-state index is -3.65. The van der Waals surface area contributed by atoms with Gasteiger partial charge >= 0.3 is 0 Å². The Morgan fingerprint density at radius 1 is 1.37 bits per heavy atom. The average Bonchev–Trinajstić information content (AvgIpc) is 3.21. The number of amides is 1. The topological polar surface area (TPSA) is 102 Å². The van der Waals surface area contributed by atoms with E-state index in [4.69, 9.17) is 0 Å². The molecule has 2 aromatic heterocycles. The fourth-order valence-corrected chi connectivity index (χ4v) is 5.18. The van der Waals surface area contributed by atoms with Gasteiger partial charge in [0, 0.05) is 32.9 Å². The molecule has 9 nitrogen and oxygen atoms in total. The van der Waals surface area contributed by atoms with Gasteiger partial charge in [0.15, 0.2) is 0 Å². The van der Waals surface area contributed by atoms with Crippen LogP contribution < -0.4 is 5.32 Å². The van der Waals surface area contributed by atoms with E-state index in [0.29, 0.717) is 38.2 Å². The van der Waals surface area contributed by atoms with E-state index < -0.39 is 10.0 Å². The first-order chi connectivity index (χ1) is 12.8. The summed E-state index contributed by atoms with van der Waals surface area (Å²) in [5, 5.41) is 11.0. The van der Waals surface area contributed by atoms with Crippen LogP contribution in [0.25, 0.3) is 0 Å². The summed E-state index contributed by atoms with van der Waals surface area (Å²) in [6.07, 6.45) is 6.22. The smallest absolute Gasteiger partial charge is 0.246 e. The summed E-state index contributed by atoms with van der Waals surface area (Å²) >= 11 is 3.33. The number of hydrogen-bond acceptors (Lipinski definition) is 5. The van der Waals surface area contributed by atoms with Crippen molar-refractivity contribution >= 4 is 31.9 Å². The highest BCUT2D eigenvalue weighted by Gasteiger charge is 2.34. The number of piperidine rings is 1. The Kier molecular flexibility index (Phi) is 6.02. The van der Waals surface area contributed by atoms with Gasteiger partial charge in [-0.15, -0.1) is 0 Å². The van der Waals surface area contributed by atoms with Crippen molar-refractivity contribution in [3.63, 3.8) is 0 Å². The zero-order valence-corrected chi connectivity index (χ0v) is 17.7. The third-order valence-electron chi connectivity index (χ3n) is 4.80. The molecule has 0 aliphatic carbocycles. The summed E-state index contributed by atoms with van der Waals surface area (Å²) in [4.78, 5) is 12.7. The molecule has 0 aromatic carbocycles. The molecule has 3 heterocycles. The first-order valence-corrected chi connectivity index (χ1v) is 11.0. The highest BCUT2D eigenvalue weighted by atomic mass is 79.9. The third kappa shape index (κ3) is 4.41. The molecule has 1 aliphatic rings. The summed E-state index contributed by atoms with van der Waals surface area (Å²) in [7, 11) is -1.94. The van der Waals surface area contributed by atoms with Gasteiger partial charge < -0.3 is 5.32 Å². The molecule has 0 spiro atoms. The minimum absolute atomic E-state index is 0.121. The lowest BCUT2D eigenvalue weighted by Crippen LogP contribution is -2.45. The minimum Gasteiger partial charge on any atom is -0.354 e. The molecule has 1 fully saturated rings. The Morgan fingerprint density at radius 3 is 2.78 bits per heavy atom. The lowest BCUT2D eigenvalue weighted by atomic mass is 9.99. The molecular formula is C16H23BrN6O3S. The second-order valence-electron chi connectivity index (χ2n) is 6.63. The number of aryl methyl sites for hydroxylation is 1. The molecule has 1 aliphatic heterocycles. The number of carbonyl (C=O) groups excluding carboxylic acids is 1. The first kappa shape index (κ1) is 20.0. The predicted octanol–water partition coefficient (Wildman–Crippen LogP) is 0.905. The van der Waals surface area contributed by atoms with Gasteiger partial charge in [0.2, 0.25) is 15.9 Å². The van der Waals surface area contributed by atoms with Crippen molar-refractivity contribution in [3.05, 3.63) is 28.8 Å². The Hall–Kier alpha value is -1.72. The van der Waals surface area contributed by atoms with E-state index in [1.54, 1.807) is 24.9 Å². The van der Waals surface area contributed by atoms with Gasteiger partial charge in [0.05, 0.1) is 35.0 Å². The maximum atomic E-state index is 12.9. The third-order valence-corrected chi connectivity index (χ3v) is 7.18. The van der Waals surface area contributed by atoms with Crippen LogP contribution in [0.5, 0.6) is 0 Å². The van der Waals surface area contributed by atoms with Gasteiger partial charge in [0.1, 0.15) is 4.90 Å². The molecule has 1 saturated heterocycles. The number of carbonyl (C=O) groups is 1. The molecule has 3 rings (SSSR count). The predicted molar refractivity (Wildman–Crippen MR) is 102 cm³/mol. The van der Waals surface area contributed by atoms with E-state index in [9.17, 15) is 13.2 Å². The molecule has 1 unspecified atom stereocenters. The van der Waals surface area contributed by atoms with Crippen molar-refractivity contribution in [2.24, 2.45) is 13.0 Å². The van der Waals surface area contributed by atoms with E-state index >= 15 is 0 Å². The molecule has 0 saturated carbocycles. The number of halogens is 1. The Labute approximate surface area is 166 Å². The molecule has 0 radical (unpaired) electrons. The molecule has 1 amide bonds. The zero-order valence-electron chi connectivity index (χ0n) is 15.3. The largest absolute Gasteiger partial charge is 0.354 e. The highest BCUT2D eigenvalue weighted by molar-refractivity contribution is 9.10. The van der Waals surface area contributed by atoms with Gasteiger partial charge in [-0.2, -0.15) is 14.5 Å². The Morgan fingerprint density at radius 2 is 2.15 bits per heavy atom. The van der Waals surface area contributed by atoms with Crippen molar-refractivity contribution in [1.29, 1.82) is 0 Å². The number of sulfonamides is 1. The van der Waals surface area contributed by atoms with E-state index in [1.165, 1.54) is 15.2 Å². The van der Waals surface area contributed by atoms with Crippen LogP contribution in [0.3, 0.4) is 0 Å². The quantitative estimate of drug-likeness (QED) is 0.692. The molecule has 27 heavy (non-hydrogen) atoms. The fraction of sp³-hybridized carbons (Fsp3) is 0.562. The average molecular weight is 459 g/mol. The van der Waals surface area contributed by atoms with Crippen molar-refractivity contribution in [1.82, 2.24) is 29.2 Å². The van der Waals surface area contributed by atoms with E-state index in [-0.39, 0.29) is 23.3 Å². The van der Waals surface area contributed by atoms with Crippen molar-refractivity contribution in [3.8, 4) is 0 Å². The maximum absolute atomic E-state index is 12.9. The number of hydrogen-bond donors (Lipinski definition) is 1. The van der Waals surface area contributed by atoms with E-state index in [2.05, 4.69) is 31.4 Å². The van der Waals surface area contributed by atoms with Crippen LogP contribution in [0.4, 0.5) is 0 Å². The van der Waals surface area contributed by atoms with E-state index in [1.807, 2.05) is 6.20 Å². The molecule has 2 aromatic rings. The number of rotatable bonds is 6. The fourth-order valence-electron chi connectivity index (χ4n) is 3.14. The maximum Gasteiger partial charge on any atom is 0.246 e. The van der Waals surface area contributed by atoms with Gasteiger partial charge in [-0.1, -0.05) is 0 Å². The lowest BCUT2D eigenvalue weighted by Gasteiger charge is -2.31. The second kappa shape index (κ2) is 8.11. The standard InChI is InChI=1S/C16H23BrN6O3S/c1-12-15(9-19-21(12)2)27(25,26)23-6-3-4-13(10-23)16(24)18-5-7-22-11-14(17)8-20-22/h8-9,11,13H,3-7,10H2,1-2H3,(H,18,24). The monoisotopic (exact) mass is 458 g/mol. The molecule has 0 bridgehead atoms. The van der Waals surface area contributed by atoms with E-state index in [0.717, 1.165) is 4.47 Å². The Bertz CT molecular complexity index is 922. The van der Waals surface area contributed by atoms with Crippen LogP contribution in [0.2, 0.25) is 0 Å². The van der Waals surface area contributed by atoms with Crippen LogP contribution in [0, 0.1) is 12.8 Å². The summed E-state index contributed by atoms with van der Waals surface area (Å²) in [6, 6.07) is 0. The molecule has 148 valence electrons. The van der Waals surface area contributed by atoms with Gasteiger partial charge in [0.25, 0.3) is 0 Å². The van der Waals surface area contributed by atoms with Crippen LogP contribution in [0.15, 0.2) is 28.0 Å². The van der Waals surface area contributed by atoms with Crippen molar-refractivity contribution < 1.29 is 13.2 Å². The zero-order chi connectivity index (χ0) is 19.6. The van der Waals surface area contributed by atoms with Crippen molar-refractivity contribution in [2.45, 2.75) is 31.2 Å². The van der Waals surface area contributed by atoms with Gasteiger partial charge in [-0.25, -0.2) is 8.42 Å². The second-order valence-corrected chi connectivity index (χ2v) is 9.45. The molecular weight excluding hydrogens is 436 g/mol. The summed E-state index contributed by atoms with van der Waals surface area (Å²) in [5.74, 6) is -0.473. The number of aromatic nitrogens is 4. The molecule has 1 atom stereocenters. The normalized spacial score (nSPS) is 18.6. The van der Waals surface area contributed by atoms with Crippen molar-refractivity contribution in [2.75, 3.05) is 19.6 Å². The SMILES string of the molecule is Cc1c(S(=O)(=O)N2CCCC(C(=O)NCCn3cc(Br)cn3)C2)cnn1C. The highest BCUT2D eigenvalue weighted by Crippen LogP contribution is 2.25. The van der Waals surface area contributed by atoms with Crippen LogP contribution in [-0.2, 0) is 28.4 Å². The van der Waals surface area contributed by atoms with Crippen LogP contribution >= 0.6 is 15.9 Å². The number of nitrogens with zero attached hydrogens (tertiary/aromatic N) is 5. The van der Waals surface area contributed by atoms with Gasteiger partial charge in [-0.3, -0.25) is 14.2 Å². The first-order valence-electron chi connectivity index (χ1n) is 8.73. The Balaban J connectivity index is 1.59. The molecule has 1 N–H and O–H groups in total. The lowest BCUT2D eigenvalue weighted by molar-refractivity contribution is -0.126. The summed E-state index contributed by atoms with van der Waals surface area (Å²) in [6.45, 7) is 3.33. The van der Waals surface area contributed by atoms with Crippen LogP contribution in [0.1, 0.15) is 18.5 Å². The summed E-state index contributed by atoms with van der Waals surface area (Å²) < 4.78 is 31.4. The van der Waals surface area contributed by atoms with Crippen LogP contribution in [-0.4, -0.2) is 57.8 Å². The molecule has 11 heteroatoms.